The van der Waals surface area contributed by atoms with Gasteiger partial charge in [-0.25, -0.2) is 0 Å². The number of methoxy groups -OCH3 is 1. The number of hydrogen-bond acceptors (Lipinski definition) is 5. The van der Waals surface area contributed by atoms with E-state index < -0.39 is 0 Å². The Balaban J connectivity index is 1.92. The molecule has 6 heteroatoms. The molecule has 0 atom stereocenters. The van der Waals surface area contributed by atoms with Crippen molar-refractivity contribution in [2.45, 2.75) is 4.58 Å². The van der Waals surface area contributed by atoms with Crippen LogP contribution in [-0.4, -0.2) is 27.8 Å². The van der Waals surface area contributed by atoms with Crippen molar-refractivity contribution in [3.05, 3.63) is 24.3 Å². The molecule has 0 spiro atoms. The Bertz CT molecular complexity index is 377. The van der Waals surface area contributed by atoms with Gasteiger partial charge in [-0.2, -0.15) is 0 Å². The summed E-state index contributed by atoms with van der Waals surface area (Å²) in [7, 11) is 1.63. The van der Waals surface area contributed by atoms with Crippen molar-refractivity contribution in [2.75, 3.05) is 22.6 Å². The normalized spacial score (nSPS) is 16.5. The predicted molar refractivity (Wildman–Crippen MR) is 77.9 cm³/mol. The van der Waals surface area contributed by atoms with E-state index >= 15 is 0 Å². The molecule has 1 amide bonds. The fourth-order valence-electron chi connectivity index (χ4n) is 1.33. The molecular formula is C11H13NO2S3. The number of rotatable bonds is 3. The molecule has 1 aliphatic rings. The number of hydrogen-bond donors (Lipinski definition) is 1. The summed E-state index contributed by atoms with van der Waals surface area (Å²) < 4.78 is 5.08. The third-order valence-electron chi connectivity index (χ3n) is 2.18. The van der Waals surface area contributed by atoms with Crippen LogP contribution in [0.15, 0.2) is 24.3 Å². The van der Waals surface area contributed by atoms with Crippen LogP contribution in [0, 0.1) is 0 Å². The summed E-state index contributed by atoms with van der Waals surface area (Å²) in [6.07, 6.45) is 0. The third-order valence-corrected chi connectivity index (χ3v) is 6.45. The highest BCUT2D eigenvalue weighted by Gasteiger charge is 2.22. The van der Waals surface area contributed by atoms with Crippen molar-refractivity contribution in [1.29, 1.82) is 0 Å². The lowest BCUT2D eigenvalue weighted by Gasteiger charge is -2.19. The van der Waals surface area contributed by atoms with Crippen molar-refractivity contribution in [3.63, 3.8) is 0 Å². The average molecular weight is 287 g/mol. The molecule has 3 nitrogen and oxygen atoms in total. The largest absolute Gasteiger partial charge is 0.497 e. The lowest BCUT2D eigenvalue weighted by molar-refractivity contribution is -0.114. The monoisotopic (exact) mass is 287 g/mol. The number of thioether (sulfide) groups is 3. The standard InChI is InChI=1S/C11H13NO2S3/c1-14-9-4-2-8(3-5-9)12-10(13)11-16-6-15-7-17-11/h2-5,11H,6-7H2,1H3,(H,12,13). The smallest absolute Gasteiger partial charge is 0.247 e. The second-order valence-corrected chi connectivity index (χ2v) is 7.52. The Morgan fingerprint density at radius 2 is 1.94 bits per heavy atom. The molecule has 1 heterocycles. The number of benzene rings is 1. The number of carbonyl (C=O) groups excluding carboxylic acids is 1. The van der Waals surface area contributed by atoms with E-state index in [-0.39, 0.29) is 10.5 Å². The summed E-state index contributed by atoms with van der Waals surface area (Å²) in [5, 5.41) is 4.91. The van der Waals surface area contributed by atoms with E-state index in [1.165, 1.54) is 0 Å². The molecule has 0 bridgehead atoms. The fourth-order valence-corrected chi connectivity index (χ4v) is 5.78. The van der Waals surface area contributed by atoms with Crippen molar-refractivity contribution in [2.24, 2.45) is 0 Å². The van der Waals surface area contributed by atoms with Crippen LogP contribution in [0.2, 0.25) is 0 Å². The second kappa shape index (κ2) is 6.47. The lowest BCUT2D eigenvalue weighted by Crippen LogP contribution is -2.24. The Hall–Kier alpha value is -0.460. The molecule has 1 saturated heterocycles. The first-order chi connectivity index (χ1) is 8.29. The SMILES string of the molecule is COc1ccc(NC(=O)C2SCSCS2)cc1. The highest BCUT2D eigenvalue weighted by molar-refractivity contribution is 8.33. The molecule has 0 saturated carbocycles. The van der Waals surface area contributed by atoms with Gasteiger partial charge in [-0.05, 0) is 24.3 Å². The molecule has 0 unspecified atom stereocenters. The number of amides is 1. The van der Waals surface area contributed by atoms with Gasteiger partial charge in [0.1, 0.15) is 10.3 Å². The predicted octanol–water partition coefficient (Wildman–Crippen LogP) is 3.09. The first kappa shape index (κ1) is 13.0. The van der Waals surface area contributed by atoms with Crippen LogP contribution < -0.4 is 10.1 Å². The molecule has 0 aliphatic carbocycles. The Morgan fingerprint density at radius 1 is 1.29 bits per heavy atom. The molecule has 92 valence electrons. The number of carbonyl (C=O) groups is 1. The van der Waals surface area contributed by atoms with Crippen LogP contribution in [0.3, 0.4) is 0 Å². The first-order valence-corrected chi connectivity index (χ1v) is 8.30. The molecule has 1 N–H and O–H groups in total. The molecule has 0 radical (unpaired) electrons. The highest BCUT2D eigenvalue weighted by atomic mass is 32.3. The maximum absolute atomic E-state index is 11.9. The van der Waals surface area contributed by atoms with Gasteiger partial charge >= 0.3 is 0 Å². The molecular weight excluding hydrogens is 274 g/mol. The van der Waals surface area contributed by atoms with Gasteiger partial charge in [0.2, 0.25) is 5.91 Å². The van der Waals surface area contributed by atoms with Crippen molar-refractivity contribution in [3.8, 4) is 5.75 Å². The van der Waals surface area contributed by atoms with Crippen molar-refractivity contribution < 1.29 is 9.53 Å². The molecule has 1 aromatic rings. The van der Waals surface area contributed by atoms with Gasteiger partial charge in [0.25, 0.3) is 0 Å². The third kappa shape index (κ3) is 3.76. The van der Waals surface area contributed by atoms with E-state index in [0.29, 0.717) is 0 Å². The molecule has 17 heavy (non-hydrogen) atoms. The number of nitrogens with one attached hydrogen (secondary N) is 1. The molecule has 0 aromatic heterocycles. The van der Waals surface area contributed by atoms with Crippen LogP contribution >= 0.6 is 35.3 Å². The minimum Gasteiger partial charge on any atom is -0.497 e. The van der Waals surface area contributed by atoms with E-state index in [1.807, 2.05) is 36.0 Å². The summed E-state index contributed by atoms with van der Waals surface area (Å²) in [5.41, 5.74) is 0.815. The molecule has 2 rings (SSSR count). The van der Waals surface area contributed by atoms with Crippen LogP contribution in [0.25, 0.3) is 0 Å². The van der Waals surface area contributed by atoms with Crippen LogP contribution in [0.5, 0.6) is 5.75 Å². The van der Waals surface area contributed by atoms with Gasteiger partial charge in [-0.1, -0.05) is 0 Å². The van der Waals surface area contributed by atoms with E-state index in [0.717, 1.165) is 21.6 Å². The quantitative estimate of drug-likeness (QED) is 0.925. The van der Waals surface area contributed by atoms with E-state index in [2.05, 4.69) is 5.32 Å². The number of ether oxygens (including phenoxy) is 1. The van der Waals surface area contributed by atoms with Crippen LogP contribution in [0.4, 0.5) is 5.69 Å². The minimum atomic E-state index is 0.0124. The van der Waals surface area contributed by atoms with Gasteiger partial charge in [0.05, 0.1) is 7.11 Å². The minimum absolute atomic E-state index is 0.0124. The van der Waals surface area contributed by atoms with E-state index in [4.69, 9.17) is 4.74 Å². The number of anilines is 1. The van der Waals surface area contributed by atoms with E-state index in [9.17, 15) is 4.79 Å². The Kier molecular flexibility index (Phi) is 4.94. The zero-order chi connectivity index (χ0) is 12.1. The maximum Gasteiger partial charge on any atom is 0.247 e. The lowest BCUT2D eigenvalue weighted by atomic mass is 10.3. The van der Waals surface area contributed by atoms with Gasteiger partial charge in [0, 0.05) is 15.9 Å². The topological polar surface area (TPSA) is 38.3 Å². The van der Waals surface area contributed by atoms with Crippen molar-refractivity contribution in [1.82, 2.24) is 0 Å². The Labute approximate surface area is 113 Å². The van der Waals surface area contributed by atoms with Crippen molar-refractivity contribution >= 4 is 46.9 Å². The first-order valence-electron chi connectivity index (χ1n) is 5.05. The van der Waals surface area contributed by atoms with Gasteiger partial charge in [-0.3, -0.25) is 4.79 Å². The van der Waals surface area contributed by atoms with Gasteiger partial charge in [0.15, 0.2) is 0 Å². The maximum atomic E-state index is 11.9. The molecule has 1 fully saturated rings. The zero-order valence-electron chi connectivity index (χ0n) is 9.34. The highest BCUT2D eigenvalue weighted by Crippen LogP contribution is 2.36. The second-order valence-electron chi connectivity index (χ2n) is 3.32. The van der Waals surface area contributed by atoms with E-state index in [1.54, 1.807) is 30.6 Å². The fraction of sp³-hybridized carbons (Fsp3) is 0.364. The zero-order valence-corrected chi connectivity index (χ0v) is 11.8. The van der Waals surface area contributed by atoms with Crippen LogP contribution in [-0.2, 0) is 4.79 Å². The summed E-state index contributed by atoms with van der Waals surface area (Å²) in [5.74, 6) is 0.867. The Morgan fingerprint density at radius 3 is 2.53 bits per heavy atom. The summed E-state index contributed by atoms with van der Waals surface area (Å²) in [6, 6.07) is 7.38. The van der Waals surface area contributed by atoms with Gasteiger partial charge in [-0.15, -0.1) is 35.3 Å². The average Bonchev–Trinajstić information content (AvgIpc) is 2.40. The molecule has 1 aromatic carbocycles. The molecule has 1 aliphatic heterocycles. The summed E-state index contributed by atoms with van der Waals surface area (Å²) >= 11 is 5.23. The summed E-state index contributed by atoms with van der Waals surface area (Å²) in [6.45, 7) is 0. The van der Waals surface area contributed by atoms with Gasteiger partial charge < -0.3 is 10.1 Å². The van der Waals surface area contributed by atoms with Crippen LogP contribution in [0.1, 0.15) is 0 Å². The summed E-state index contributed by atoms with van der Waals surface area (Å²) in [4.78, 5) is 11.9.